The Kier molecular flexibility index (Phi) is 6.85. The van der Waals surface area contributed by atoms with Crippen LogP contribution in [0.15, 0.2) is 36.5 Å². The number of carbonyl (C=O) groups is 1. The zero-order valence-corrected chi connectivity index (χ0v) is 15.2. The molecular weight excluding hydrogens is 347 g/mol. The first kappa shape index (κ1) is 18.5. The summed E-state index contributed by atoms with van der Waals surface area (Å²) in [7, 11) is 4.00. The lowest BCUT2D eigenvalue weighted by molar-refractivity contribution is 0.0947. The van der Waals surface area contributed by atoms with Gasteiger partial charge in [0.1, 0.15) is 5.69 Å². The summed E-state index contributed by atoms with van der Waals surface area (Å²) in [5.41, 5.74) is 1.80. The molecule has 0 radical (unpaired) electrons. The number of halogens is 2. The van der Waals surface area contributed by atoms with Crippen molar-refractivity contribution < 1.29 is 4.79 Å². The fourth-order valence-corrected chi connectivity index (χ4v) is 2.52. The Hall–Kier alpha value is -1.82. The summed E-state index contributed by atoms with van der Waals surface area (Å²) in [5, 5.41) is 7.10. The molecule has 7 heteroatoms. The molecule has 0 saturated carbocycles. The van der Waals surface area contributed by atoms with E-state index in [9.17, 15) is 4.79 Å². The molecule has 5 nitrogen and oxygen atoms in total. The van der Waals surface area contributed by atoms with E-state index in [-0.39, 0.29) is 5.91 Å². The lowest BCUT2D eigenvalue weighted by Crippen LogP contribution is -2.27. The van der Waals surface area contributed by atoms with Gasteiger partial charge in [0.2, 0.25) is 0 Å². The van der Waals surface area contributed by atoms with Gasteiger partial charge in [-0.3, -0.25) is 9.78 Å². The normalized spacial score (nSPS) is 10.7. The van der Waals surface area contributed by atoms with Gasteiger partial charge in [0.05, 0.1) is 10.7 Å². The van der Waals surface area contributed by atoms with Crippen molar-refractivity contribution in [2.24, 2.45) is 0 Å². The van der Waals surface area contributed by atoms with Crippen LogP contribution in [-0.2, 0) is 0 Å². The van der Waals surface area contributed by atoms with Gasteiger partial charge in [0.15, 0.2) is 0 Å². The Balaban J connectivity index is 1.99. The van der Waals surface area contributed by atoms with Gasteiger partial charge < -0.3 is 15.5 Å². The van der Waals surface area contributed by atoms with Crippen LogP contribution in [0, 0.1) is 0 Å². The highest BCUT2D eigenvalue weighted by Crippen LogP contribution is 2.28. The molecule has 0 saturated heterocycles. The van der Waals surface area contributed by atoms with Crippen molar-refractivity contribution in [1.29, 1.82) is 0 Å². The molecule has 1 amide bonds. The molecule has 2 N–H and O–H groups in total. The molecule has 0 spiro atoms. The fraction of sp³-hybridized carbons (Fsp3) is 0.294. The summed E-state index contributed by atoms with van der Waals surface area (Å²) in [6.07, 6.45) is 2.47. The maximum atomic E-state index is 12.1. The first-order chi connectivity index (χ1) is 11.5. The van der Waals surface area contributed by atoms with Crippen LogP contribution >= 0.6 is 23.2 Å². The third-order valence-electron chi connectivity index (χ3n) is 3.27. The summed E-state index contributed by atoms with van der Waals surface area (Å²) in [6, 6.07) is 8.65. The smallest absolute Gasteiger partial charge is 0.269 e. The minimum Gasteiger partial charge on any atom is -0.354 e. The molecule has 0 aliphatic carbocycles. The molecule has 1 aromatic heterocycles. The molecule has 128 valence electrons. The maximum Gasteiger partial charge on any atom is 0.269 e. The highest BCUT2D eigenvalue weighted by Gasteiger charge is 2.08. The number of hydrogen-bond acceptors (Lipinski definition) is 4. The van der Waals surface area contributed by atoms with Gasteiger partial charge in [0.25, 0.3) is 5.91 Å². The van der Waals surface area contributed by atoms with Crippen LogP contribution in [0.4, 0.5) is 11.4 Å². The van der Waals surface area contributed by atoms with Crippen molar-refractivity contribution >= 4 is 40.5 Å². The van der Waals surface area contributed by atoms with Crippen LogP contribution in [0.25, 0.3) is 0 Å². The minimum atomic E-state index is -0.195. The number of amides is 1. The van der Waals surface area contributed by atoms with E-state index in [1.807, 2.05) is 14.1 Å². The summed E-state index contributed by atoms with van der Waals surface area (Å²) in [4.78, 5) is 18.3. The molecular formula is C17H20Cl2N4O. The van der Waals surface area contributed by atoms with E-state index in [0.29, 0.717) is 28.0 Å². The summed E-state index contributed by atoms with van der Waals surface area (Å²) in [5.74, 6) is -0.195. The molecule has 2 rings (SSSR count). The fourth-order valence-electron chi connectivity index (χ4n) is 2.07. The average Bonchev–Trinajstić information content (AvgIpc) is 2.54. The zero-order valence-electron chi connectivity index (χ0n) is 13.6. The van der Waals surface area contributed by atoms with Gasteiger partial charge in [-0.25, -0.2) is 0 Å². The largest absolute Gasteiger partial charge is 0.354 e. The van der Waals surface area contributed by atoms with Crippen LogP contribution in [-0.4, -0.2) is 43.0 Å². The topological polar surface area (TPSA) is 57.3 Å². The number of anilines is 2. The van der Waals surface area contributed by atoms with Crippen molar-refractivity contribution in [3.63, 3.8) is 0 Å². The monoisotopic (exact) mass is 366 g/mol. The molecule has 0 bridgehead atoms. The lowest BCUT2D eigenvalue weighted by Gasteiger charge is -2.11. The van der Waals surface area contributed by atoms with Crippen molar-refractivity contribution in [3.05, 3.63) is 52.3 Å². The minimum absolute atomic E-state index is 0.195. The van der Waals surface area contributed by atoms with Crippen LogP contribution in [0.5, 0.6) is 0 Å². The number of hydrogen-bond donors (Lipinski definition) is 2. The Morgan fingerprint density at radius 3 is 2.71 bits per heavy atom. The predicted octanol–water partition coefficient (Wildman–Crippen LogP) is 3.81. The molecule has 0 atom stereocenters. The van der Waals surface area contributed by atoms with Crippen LogP contribution in [0.3, 0.4) is 0 Å². The van der Waals surface area contributed by atoms with E-state index in [1.54, 1.807) is 36.5 Å². The number of pyridine rings is 1. The van der Waals surface area contributed by atoms with Gasteiger partial charge >= 0.3 is 0 Å². The molecule has 1 heterocycles. The van der Waals surface area contributed by atoms with Crippen molar-refractivity contribution in [3.8, 4) is 0 Å². The van der Waals surface area contributed by atoms with E-state index >= 15 is 0 Å². The van der Waals surface area contributed by atoms with E-state index in [0.717, 1.165) is 18.7 Å². The summed E-state index contributed by atoms with van der Waals surface area (Å²) >= 11 is 12.0. The number of nitrogens with one attached hydrogen (secondary N) is 2. The summed E-state index contributed by atoms with van der Waals surface area (Å²) < 4.78 is 0. The SMILES string of the molecule is CN(C)CCCNC(=O)c1cc(Nc2ccc(Cl)cc2Cl)ccn1. The van der Waals surface area contributed by atoms with Gasteiger partial charge in [-0.05, 0) is 57.4 Å². The number of benzene rings is 1. The molecule has 0 aliphatic heterocycles. The van der Waals surface area contributed by atoms with Gasteiger partial charge in [-0.15, -0.1) is 0 Å². The second-order valence-corrected chi connectivity index (χ2v) is 6.44. The van der Waals surface area contributed by atoms with Crippen LogP contribution < -0.4 is 10.6 Å². The van der Waals surface area contributed by atoms with E-state index in [2.05, 4.69) is 20.5 Å². The number of nitrogens with zero attached hydrogens (tertiary/aromatic N) is 2. The summed E-state index contributed by atoms with van der Waals surface area (Å²) in [6.45, 7) is 1.53. The Morgan fingerprint density at radius 1 is 1.21 bits per heavy atom. The van der Waals surface area contributed by atoms with Gasteiger partial charge in [-0.1, -0.05) is 23.2 Å². The highest BCUT2D eigenvalue weighted by molar-refractivity contribution is 6.36. The van der Waals surface area contributed by atoms with Crippen LogP contribution in [0.1, 0.15) is 16.9 Å². The van der Waals surface area contributed by atoms with E-state index in [4.69, 9.17) is 23.2 Å². The average molecular weight is 367 g/mol. The maximum absolute atomic E-state index is 12.1. The number of carbonyl (C=O) groups excluding carboxylic acids is 1. The molecule has 2 aromatic rings. The second-order valence-electron chi connectivity index (χ2n) is 5.59. The lowest BCUT2D eigenvalue weighted by atomic mass is 10.2. The Bertz CT molecular complexity index is 707. The van der Waals surface area contributed by atoms with Crippen LogP contribution in [0.2, 0.25) is 10.0 Å². The molecule has 0 fully saturated rings. The zero-order chi connectivity index (χ0) is 17.5. The third kappa shape index (κ3) is 5.67. The third-order valence-corrected chi connectivity index (χ3v) is 3.82. The highest BCUT2D eigenvalue weighted by atomic mass is 35.5. The number of rotatable bonds is 7. The Labute approximate surface area is 152 Å². The van der Waals surface area contributed by atoms with Crippen molar-refractivity contribution in [2.75, 3.05) is 32.5 Å². The Morgan fingerprint density at radius 2 is 2.00 bits per heavy atom. The molecule has 24 heavy (non-hydrogen) atoms. The first-order valence-electron chi connectivity index (χ1n) is 7.57. The van der Waals surface area contributed by atoms with Crippen molar-refractivity contribution in [1.82, 2.24) is 15.2 Å². The molecule has 0 aliphatic rings. The second kappa shape index (κ2) is 8.87. The van der Waals surface area contributed by atoms with E-state index < -0.39 is 0 Å². The van der Waals surface area contributed by atoms with Gasteiger partial charge in [-0.2, -0.15) is 0 Å². The van der Waals surface area contributed by atoms with Gasteiger partial charge in [0, 0.05) is 23.5 Å². The quantitative estimate of drug-likeness (QED) is 0.731. The molecule has 1 aromatic carbocycles. The predicted molar refractivity (Wildman–Crippen MR) is 99.5 cm³/mol. The van der Waals surface area contributed by atoms with E-state index in [1.165, 1.54) is 0 Å². The molecule has 0 unspecified atom stereocenters. The standard InChI is InChI=1S/C17H20Cl2N4O/c1-23(2)9-3-7-21-17(24)16-11-13(6-8-20-16)22-15-5-4-12(18)10-14(15)19/h4-6,8,10-11H,3,7,9H2,1-2H3,(H,20,22)(H,21,24). The first-order valence-corrected chi connectivity index (χ1v) is 8.32. The van der Waals surface area contributed by atoms with Crippen molar-refractivity contribution in [2.45, 2.75) is 6.42 Å². The number of aromatic nitrogens is 1.